The van der Waals surface area contributed by atoms with Gasteiger partial charge in [0.2, 0.25) is 0 Å². The Bertz CT molecular complexity index is 568. The summed E-state index contributed by atoms with van der Waals surface area (Å²) < 4.78 is 35.4. The van der Waals surface area contributed by atoms with Crippen LogP contribution in [-0.2, 0) is 20.6 Å². The zero-order chi connectivity index (χ0) is 13.8. The Labute approximate surface area is 110 Å². The van der Waals surface area contributed by atoms with Gasteiger partial charge in [0, 0.05) is 21.8 Å². The lowest BCUT2D eigenvalue weighted by atomic mass is 10.2. The maximum Gasteiger partial charge on any atom is 0.179 e. The van der Waals surface area contributed by atoms with Gasteiger partial charge >= 0.3 is 0 Å². The highest BCUT2D eigenvalue weighted by molar-refractivity contribution is 7.93. The molecule has 1 rings (SSSR count). The van der Waals surface area contributed by atoms with Crippen LogP contribution >= 0.6 is 0 Å². The minimum Gasteiger partial charge on any atom is -0.259 e. The van der Waals surface area contributed by atoms with Crippen molar-refractivity contribution in [3.05, 3.63) is 29.8 Å². The van der Waals surface area contributed by atoms with Crippen LogP contribution in [0.15, 0.2) is 29.2 Å². The normalized spacial score (nSPS) is 13.2. The van der Waals surface area contributed by atoms with Gasteiger partial charge in [-0.2, -0.15) is 5.26 Å². The van der Waals surface area contributed by atoms with E-state index in [1.54, 1.807) is 13.8 Å². The lowest BCUT2D eigenvalue weighted by Crippen LogP contribution is -2.18. The third-order valence-electron chi connectivity index (χ3n) is 2.42. The first-order valence-electron chi connectivity index (χ1n) is 5.47. The summed E-state index contributed by atoms with van der Waals surface area (Å²) in [5, 5.41) is 8.59. The molecule has 0 radical (unpaired) electrons. The summed E-state index contributed by atoms with van der Waals surface area (Å²) in [6, 6.07) is 7.67. The second kappa shape index (κ2) is 6.12. The highest BCUT2D eigenvalue weighted by Gasteiger charge is 2.16. The second-order valence-electron chi connectivity index (χ2n) is 4.09. The summed E-state index contributed by atoms with van der Waals surface area (Å²) in [5.74, 6) is 0.00366. The van der Waals surface area contributed by atoms with E-state index in [-0.39, 0.29) is 21.7 Å². The van der Waals surface area contributed by atoms with E-state index < -0.39 is 20.6 Å². The van der Waals surface area contributed by atoms with Crippen LogP contribution in [0.5, 0.6) is 0 Å². The van der Waals surface area contributed by atoms with Crippen LogP contribution < -0.4 is 0 Å². The van der Waals surface area contributed by atoms with Crippen LogP contribution in [0.25, 0.3) is 0 Å². The first-order valence-corrected chi connectivity index (χ1v) is 8.50. The van der Waals surface area contributed by atoms with E-state index in [9.17, 15) is 12.6 Å². The number of hydrogen-bond acceptors (Lipinski definition) is 4. The molecular formula is C12H15NO3S2. The van der Waals surface area contributed by atoms with Gasteiger partial charge < -0.3 is 0 Å². The van der Waals surface area contributed by atoms with Gasteiger partial charge in [-0.1, -0.05) is 13.8 Å². The van der Waals surface area contributed by atoms with Crippen molar-refractivity contribution < 1.29 is 12.6 Å². The van der Waals surface area contributed by atoms with Gasteiger partial charge in [-0.3, -0.25) is 4.21 Å². The minimum atomic E-state index is -3.42. The zero-order valence-corrected chi connectivity index (χ0v) is 11.9. The first kappa shape index (κ1) is 14.9. The smallest absolute Gasteiger partial charge is 0.179 e. The van der Waals surface area contributed by atoms with E-state index >= 15 is 0 Å². The van der Waals surface area contributed by atoms with Gasteiger partial charge in [0.25, 0.3) is 0 Å². The fourth-order valence-electron chi connectivity index (χ4n) is 1.28. The molecule has 0 heterocycles. The monoisotopic (exact) mass is 285 g/mol. The molecule has 1 aromatic rings. The highest BCUT2D eigenvalue weighted by Crippen LogP contribution is 2.12. The fourth-order valence-corrected chi connectivity index (χ4v) is 4.07. The van der Waals surface area contributed by atoms with Gasteiger partial charge in [-0.15, -0.1) is 0 Å². The van der Waals surface area contributed by atoms with Gasteiger partial charge in [-0.25, -0.2) is 8.42 Å². The van der Waals surface area contributed by atoms with Crippen LogP contribution in [0.4, 0.5) is 0 Å². The van der Waals surface area contributed by atoms with Crippen molar-refractivity contribution in [1.82, 2.24) is 0 Å². The Hall–Kier alpha value is -1.19. The third kappa shape index (κ3) is 3.93. The second-order valence-corrected chi connectivity index (χ2v) is 8.31. The molecule has 0 saturated heterocycles. The first-order chi connectivity index (χ1) is 8.36. The largest absolute Gasteiger partial charge is 0.259 e. The molecule has 0 aromatic heterocycles. The predicted molar refractivity (Wildman–Crippen MR) is 71.4 cm³/mol. The van der Waals surface area contributed by atoms with Crippen molar-refractivity contribution in [1.29, 1.82) is 5.26 Å². The molecule has 98 valence electrons. The predicted octanol–water partition coefficient (Wildman–Crippen LogP) is 1.49. The van der Waals surface area contributed by atoms with Crippen molar-refractivity contribution in [2.24, 2.45) is 0 Å². The van der Waals surface area contributed by atoms with Crippen molar-refractivity contribution in [3.8, 4) is 6.07 Å². The lowest BCUT2D eigenvalue weighted by molar-refractivity contribution is 0.597. The summed E-state index contributed by atoms with van der Waals surface area (Å²) in [6.07, 6.45) is 0. The Morgan fingerprint density at radius 1 is 1.28 bits per heavy atom. The van der Waals surface area contributed by atoms with Crippen LogP contribution in [0, 0.1) is 11.3 Å². The van der Waals surface area contributed by atoms with Crippen LogP contribution in [-0.4, -0.2) is 29.4 Å². The van der Waals surface area contributed by atoms with Crippen molar-refractivity contribution in [2.75, 3.05) is 11.5 Å². The van der Waals surface area contributed by atoms with E-state index in [2.05, 4.69) is 0 Å². The van der Waals surface area contributed by atoms with E-state index in [0.717, 1.165) is 0 Å². The Kier molecular flexibility index (Phi) is 5.05. The summed E-state index contributed by atoms with van der Waals surface area (Å²) in [7, 11) is -4.55. The van der Waals surface area contributed by atoms with Gasteiger partial charge in [-0.05, 0) is 24.3 Å². The Morgan fingerprint density at radius 2 is 1.83 bits per heavy atom. The fraction of sp³-hybridized carbons (Fsp3) is 0.417. The topological polar surface area (TPSA) is 75.0 Å². The number of rotatable bonds is 5. The molecule has 0 amide bonds. The quantitative estimate of drug-likeness (QED) is 0.821. The third-order valence-corrected chi connectivity index (χ3v) is 6.07. The standard InChI is InChI=1S/C12H15NO3S2/c1-10(2)17(14)7-8-18(15,16)12-5-3-11(9-13)4-6-12/h3-6,10H,7-8H2,1-2H3. The molecule has 0 fully saturated rings. The molecular weight excluding hydrogens is 270 g/mol. The Morgan fingerprint density at radius 3 is 2.28 bits per heavy atom. The molecule has 0 bridgehead atoms. The number of hydrogen-bond donors (Lipinski definition) is 0. The number of nitriles is 1. The lowest BCUT2D eigenvalue weighted by Gasteiger charge is -2.06. The molecule has 4 nitrogen and oxygen atoms in total. The van der Waals surface area contributed by atoms with Crippen LogP contribution in [0.1, 0.15) is 19.4 Å². The molecule has 0 aliphatic carbocycles. The molecule has 0 aliphatic rings. The summed E-state index contributed by atoms with van der Waals surface area (Å²) in [4.78, 5) is 0.169. The van der Waals surface area contributed by atoms with Crippen LogP contribution in [0.3, 0.4) is 0 Å². The molecule has 0 N–H and O–H groups in total. The van der Waals surface area contributed by atoms with Crippen molar-refractivity contribution in [2.45, 2.75) is 24.0 Å². The van der Waals surface area contributed by atoms with Gasteiger partial charge in [0.05, 0.1) is 22.3 Å². The number of benzene rings is 1. The SMILES string of the molecule is CC(C)S(=O)CCS(=O)(=O)c1ccc(C#N)cc1. The average Bonchev–Trinajstić information content (AvgIpc) is 2.36. The molecule has 6 heteroatoms. The summed E-state index contributed by atoms with van der Waals surface area (Å²) >= 11 is 0. The molecule has 1 atom stereocenters. The minimum absolute atomic E-state index is 0.0406. The molecule has 1 unspecified atom stereocenters. The van der Waals surface area contributed by atoms with E-state index in [0.29, 0.717) is 5.56 Å². The molecule has 0 aliphatic heterocycles. The van der Waals surface area contributed by atoms with Crippen LogP contribution in [0.2, 0.25) is 0 Å². The van der Waals surface area contributed by atoms with Gasteiger partial charge in [0.1, 0.15) is 0 Å². The average molecular weight is 285 g/mol. The summed E-state index contributed by atoms with van der Waals surface area (Å²) in [6.45, 7) is 3.59. The maximum absolute atomic E-state index is 11.9. The van der Waals surface area contributed by atoms with Gasteiger partial charge in [0.15, 0.2) is 9.84 Å². The molecule has 0 spiro atoms. The zero-order valence-electron chi connectivity index (χ0n) is 10.3. The number of nitrogens with zero attached hydrogens (tertiary/aromatic N) is 1. The van der Waals surface area contributed by atoms with Crippen molar-refractivity contribution >= 4 is 20.6 Å². The Balaban J connectivity index is 2.81. The maximum atomic E-state index is 11.9. The molecule has 0 saturated carbocycles. The van der Waals surface area contributed by atoms with E-state index in [1.165, 1.54) is 24.3 Å². The summed E-state index contributed by atoms with van der Waals surface area (Å²) in [5.41, 5.74) is 0.416. The van der Waals surface area contributed by atoms with Crippen molar-refractivity contribution in [3.63, 3.8) is 0 Å². The molecule has 1 aromatic carbocycles. The number of sulfone groups is 1. The molecule has 18 heavy (non-hydrogen) atoms. The van der Waals surface area contributed by atoms with E-state index in [1.807, 2.05) is 6.07 Å². The van der Waals surface area contributed by atoms with E-state index in [4.69, 9.17) is 5.26 Å². The highest BCUT2D eigenvalue weighted by atomic mass is 32.2.